The van der Waals surface area contributed by atoms with Crippen LogP contribution in [0.4, 0.5) is 0 Å². The van der Waals surface area contributed by atoms with Crippen LogP contribution in [0.3, 0.4) is 0 Å². The highest BCUT2D eigenvalue weighted by molar-refractivity contribution is 6.30. The molecule has 1 aromatic heterocycles. The summed E-state index contributed by atoms with van der Waals surface area (Å²) in [5, 5.41) is 4.11. The Hall–Kier alpha value is -0.500. The standard InChI is InChI=1S/C4H5ClN2/c1-7-3-4(5)2-6-7/h2-3H,1H3/i3D. The van der Waals surface area contributed by atoms with Gasteiger partial charge in [0.05, 0.1) is 12.6 Å². The van der Waals surface area contributed by atoms with E-state index >= 15 is 0 Å². The molecule has 3 heteroatoms. The zero-order chi connectivity index (χ0) is 6.15. The van der Waals surface area contributed by atoms with Gasteiger partial charge in [-0.25, -0.2) is 0 Å². The van der Waals surface area contributed by atoms with Crippen molar-refractivity contribution >= 4 is 11.6 Å². The van der Waals surface area contributed by atoms with E-state index < -0.39 is 0 Å². The molecule has 0 N–H and O–H groups in total. The molecule has 2 nitrogen and oxygen atoms in total. The quantitative estimate of drug-likeness (QED) is 0.497. The fourth-order valence-electron chi connectivity index (χ4n) is 0.350. The molecule has 1 rings (SSSR count). The maximum atomic E-state index is 7.09. The van der Waals surface area contributed by atoms with Crippen molar-refractivity contribution in [2.24, 2.45) is 7.05 Å². The Kier molecular flexibility index (Phi) is 0.770. The van der Waals surface area contributed by atoms with Crippen LogP contribution in [0.1, 0.15) is 1.37 Å². The van der Waals surface area contributed by atoms with Crippen molar-refractivity contribution in [1.29, 1.82) is 0 Å². The highest BCUT2D eigenvalue weighted by Crippen LogP contribution is 2.01. The minimum atomic E-state index is 0.256. The number of aromatic nitrogens is 2. The normalized spacial score (nSPS) is 11.4. The molecule has 0 saturated carbocycles. The van der Waals surface area contributed by atoms with Crippen LogP contribution in [0.5, 0.6) is 0 Å². The van der Waals surface area contributed by atoms with Crippen LogP contribution in [0.2, 0.25) is 5.02 Å². The van der Waals surface area contributed by atoms with Gasteiger partial charge in [0.15, 0.2) is 0 Å². The highest BCUT2D eigenvalue weighted by atomic mass is 35.5. The van der Waals surface area contributed by atoms with Crippen molar-refractivity contribution in [2.45, 2.75) is 0 Å². The van der Waals surface area contributed by atoms with E-state index in [4.69, 9.17) is 13.0 Å². The van der Waals surface area contributed by atoms with Gasteiger partial charge in [0.25, 0.3) is 0 Å². The van der Waals surface area contributed by atoms with Crippen LogP contribution in [0, 0.1) is 0 Å². The molecule has 38 valence electrons. The van der Waals surface area contributed by atoms with E-state index in [1.807, 2.05) is 0 Å². The lowest BCUT2D eigenvalue weighted by Gasteiger charge is -1.77. The van der Waals surface area contributed by atoms with Crippen LogP contribution in [0.15, 0.2) is 12.4 Å². The van der Waals surface area contributed by atoms with Crippen molar-refractivity contribution in [3.8, 4) is 0 Å². The summed E-state index contributed by atoms with van der Waals surface area (Å²) in [4.78, 5) is 0. The maximum Gasteiger partial charge on any atom is 0.0852 e. The van der Waals surface area contributed by atoms with Gasteiger partial charge in [0.1, 0.15) is 0 Å². The maximum absolute atomic E-state index is 7.09. The lowest BCUT2D eigenvalue weighted by molar-refractivity contribution is 0.768. The van der Waals surface area contributed by atoms with Gasteiger partial charge >= 0.3 is 0 Å². The van der Waals surface area contributed by atoms with Gasteiger partial charge in [-0.05, 0) is 0 Å². The van der Waals surface area contributed by atoms with Gasteiger partial charge in [-0.3, -0.25) is 4.68 Å². The molecule has 1 aromatic rings. The SMILES string of the molecule is [2H]c1c(Cl)cnn1C. The van der Waals surface area contributed by atoms with Gasteiger partial charge in [0.2, 0.25) is 0 Å². The molecule has 0 amide bonds. The molecular weight excluding hydrogens is 112 g/mol. The molecule has 0 saturated heterocycles. The highest BCUT2D eigenvalue weighted by Gasteiger charge is 1.84. The topological polar surface area (TPSA) is 17.8 Å². The first-order chi connectivity index (χ1) is 3.72. The summed E-state index contributed by atoms with van der Waals surface area (Å²) in [6.07, 6.45) is 1.70. The van der Waals surface area contributed by atoms with Crippen LogP contribution in [0.25, 0.3) is 0 Å². The van der Waals surface area contributed by atoms with Crippen LogP contribution < -0.4 is 0 Å². The molecule has 0 aliphatic carbocycles. The third-order valence-corrected chi connectivity index (χ3v) is 0.795. The van der Waals surface area contributed by atoms with E-state index in [9.17, 15) is 0 Å². The summed E-state index contributed by atoms with van der Waals surface area (Å²) in [6, 6.07) is 0. The summed E-state index contributed by atoms with van der Waals surface area (Å²) in [6.45, 7) is 0. The Morgan fingerprint density at radius 1 is 2.14 bits per heavy atom. The summed E-state index contributed by atoms with van der Waals surface area (Å²) in [7, 11) is 1.67. The van der Waals surface area contributed by atoms with Crippen LogP contribution in [-0.2, 0) is 7.05 Å². The van der Waals surface area contributed by atoms with Gasteiger partial charge < -0.3 is 0 Å². The molecule has 0 radical (unpaired) electrons. The Balaban J connectivity index is 3.19. The minimum Gasteiger partial charge on any atom is -0.274 e. The van der Waals surface area contributed by atoms with Gasteiger partial charge in [-0.15, -0.1) is 0 Å². The zero-order valence-electron chi connectivity index (χ0n) is 4.85. The Morgan fingerprint density at radius 3 is 3.00 bits per heavy atom. The van der Waals surface area contributed by atoms with Crippen molar-refractivity contribution < 1.29 is 1.37 Å². The zero-order valence-corrected chi connectivity index (χ0v) is 4.61. The first kappa shape index (κ1) is 3.50. The van der Waals surface area contributed by atoms with Gasteiger partial charge in [-0.1, -0.05) is 11.6 Å². The second-order valence-corrected chi connectivity index (χ2v) is 1.64. The molecule has 0 unspecified atom stereocenters. The second-order valence-electron chi connectivity index (χ2n) is 1.23. The molecule has 1 heterocycles. The number of hydrogen-bond acceptors (Lipinski definition) is 1. The molecule has 0 aliphatic heterocycles. The number of hydrogen-bond donors (Lipinski definition) is 0. The van der Waals surface area contributed by atoms with Gasteiger partial charge in [0, 0.05) is 13.2 Å². The summed E-state index contributed by atoms with van der Waals surface area (Å²) in [5.41, 5.74) is 0. The average molecular weight is 118 g/mol. The average Bonchev–Trinajstić information content (AvgIpc) is 1.98. The van der Waals surface area contributed by atoms with Gasteiger partial charge in [-0.2, -0.15) is 5.10 Å². The molecular formula is C4H5ClN2. The number of rotatable bonds is 0. The Morgan fingerprint density at radius 2 is 2.86 bits per heavy atom. The predicted octanol–water partition coefficient (Wildman–Crippen LogP) is 1.07. The van der Waals surface area contributed by atoms with Crippen LogP contribution in [-0.4, -0.2) is 9.78 Å². The summed E-state index contributed by atoms with van der Waals surface area (Å²) in [5.74, 6) is 0. The largest absolute Gasteiger partial charge is 0.274 e. The van der Waals surface area contributed by atoms with Crippen molar-refractivity contribution in [2.75, 3.05) is 0 Å². The van der Waals surface area contributed by atoms with Crippen molar-refractivity contribution in [3.05, 3.63) is 17.4 Å². The predicted molar refractivity (Wildman–Crippen MR) is 28.2 cm³/mol. The number of halogens is 1. The summed E-state index contributed by atoms with van der Waals surface area (Å²) < 4.78 is 8.50. The van der Waals surface area contributed by atoms with E-state index in [1.54, 1.807) is 7.05 Å². The third kappa shape index (κ3) is 0.933. The Labute approximate surface area is 48.1 Å². The molecule has 0 fully saturated rings. The van der Waals surface area contributed by atoms with Crippen molar-refractivity contribution in [3.63, 3.8) is 0 Å². The number of aryl methyl sites for hydroxylation is 1. The molecule has 0 aliphatic rings. The monoisotopic (exact) mass is 117 g/mol. The van der Waals surface area contributed by atoms with E-state index in [-0.39, 0.29) is 6.17 Å². The molecule has 0 atom stereocenters. The minimum absolute atomic E-state index is 0.256. The molecule has 0 bridgehead atoms. The van der Waals surface area contributed by atoms with E-state index in [1.165, 1.54) is 10.9 Å². The third-order valence-electron chi connectivity index (χ3n) is 0.613. The smallest absolute Gasteiger partial charge is 0.0852 e. The van der Waals surface area contributed by atoms with Crippen molar-refractivity contribution in [1.82, 2.24) is 9.78 Å². The first-order valence-corrected chi connectivity index (χ1v) is 2.23. The fourth-order valence-corrected chi connectivity index (χ4v) is 0.516. The summed E-state index contributed by atoms with van der Waals surface area (Å²) >= 11 is 5.46. The van der Waals surface area contributed by atoms with E-state index in [2.05, 4.69) is 5.10 Å². The lowest BCUT2D eigenvalue weighted by Crippen LogP contribution is -1.83. The molecule has 7 heavy (non-hydrogen) atoms. The molecule has 0 aromatic carbocycles. The lowest BCUT2D eigenvalue weighted by atomic mass is 10.7. The van der Waals surface area contributed by atoms with Crippen LogP contribution >= 0.6 is 11.6 Å². The Bertz CT molecular complexity index is 176. The van der Waals surface area contributed by atoms with E-state index in [0.717, 1.165) is 0 Å². The van der Waals surface area contributed by atoms with E-state index in [0.29, 0.717) is 5.02 Å². The fraction of sp³-hybridized carbons (Fsp3) is 0.250. The molecule has 0 spiro atoms. The first-order valence-electron chi connectivity index (χ1n) is 2.36. The number of nitrogens with zero attached hydrogens (tertiary/aromatic N) is 2. The second kappa shape index (κ2) is 1.54.